The van der Waals surface area contributed by atoms with E-state index in [1.807, 2.05) is 27.7 Å². The quantitative estimate of drug-likeness (QED) is 0.712. The van der Waals surface area contributed by atoms with E-state index in [2.05, 4.69) is 4.98 Å². The standard InChI is InChI=1S/C11H19BN2O2/c1-6-14-8-13-7-9(14)12-15-10(2,3)11(4,5)16-12/h7-8H,6H2,1-5H3/i1D3,6D2. The van der Waals surface area contributed by atoms with Crippen LogP contribution in [0, 0.1) is 0 Å². The lowest BCUT2D eigenvalue weighted by Gasteiger charge is -2.32. The molecule has 5 heteroatoms. The van der Waals surface area contributed by atoms with Gasteiger partial charge in [0.25, 0.3) is 0 Å². The van der Waals surface area contributed by atoms with Crippen LogP contribution < -0.4 is 5.59 Å². The van der Waals surface area contributed by atoms with Gasteiger partial charge in [-0.15, -0.1) is 0 Å². The highest BCUT2D eigenvalue weighted by molar-refractivity contribution is 6.61. The molecule has 2 rings (SSSR count). The first-order valence-corrected chi connectivity index (χ1v) is 5.18. The Labute approximate surface area is 104 Å². The zero-order chi connectivity index (χ0) is 16.3. The predicted octanol–water partition coefficient (Wildman–Crippen LogP) is 1.20. The van der Waals surface area contributed by atoms with E-state index < -0.39 is 31.7 Å². The summed E-state index contributed by atoms with van der Waals surface area (Å²) >= 11 is 0. The van der Waals surface area contributed by atoms with Crippen molar-refractivity contribution in [3.63, 3.8) is 0 Å². The molecule has 1 aromatic rings. The predicted molar refractivity (Wildman–Crippen MR) is 63.6 cm³/mol. The number of nitrogens with zero attached hydrogens (tertiary/aromatic N) is 2. The number of hydrogen-bond acceptors (Lipinski definition) is 3. The summed E-state index contributed by atoms with van der Waals surface area (Å²) in [6.45, 7) is 2.05. The molecule has 4 nitrogen and oxygen atoms in total. The third kappa shape index (κ3) is 1.68. The van der Waals surface area contributed by atoms with E-state index >= 15 is 0 Å². The molecule has 0 aromatic carbocycles. The van der Waals surface area contributed by atoms with Crippen molar-refractivity contribution in [2.45, 2.75) is 52.2 Å². The van der Waals surface area contributed by atoms with Gasteiger partial charge in [0.15, 0.2) is 0 Å². The van der Waals surface area contributed by atoms with Crippen molar-refractivity contribution >= 4 is 12.7 Å². The molecule has 1 saturated heterocycles. The summed E-state index contributed by atoms with van der Waals surface area (Å²) in [7, 11) is -0.866. The van der Waals surface area contributed by atoms with E-state index in [0.717, 1.165) is 10.9 Å². The summed E-state index contributed by atoms with van der Waals surface area (Å²) in [6, 6.07) is 0. The van der Waals surface area contributed by atoms with Crippen molar-refractivity contribution in [2.24, 2.45) is 0 Å². The highest BCUT2D eigenvalue weighted by atomic mass is 16.7. The summed E-state index contributed by atoms with van der Waals surface area (Å²) in [5.74, 6) is 0. The minimum atomic E-state index is -2.83. The first-order chi connectivity index (χ1) is 9.30. The lowest BCUT2D eigenvalue weighted by Crippen LogP contribution is -2.41. The molecule has 0 aliphatic carbocycles. The SMILES string of the molecule is [2H]C([2H])([2H])C([2H])([2H])n1cncc1B1OC(C)(C)C(C)(C)O1. The molecule has 0 saturated carbocycles. The zero-order valence-electron chi connectivity index (χ0n) is 14.9. The van der Waals surface area contributed by atoms with Gasteiger partial charge in [0.05, 0.1) is 23.1 Å². The van der Waals surface area contributed by atoms with Gasteiger partial charge in [0.1, 0.15) is 0 Å². The molecule has 0 bridgehead atoms. The average Bonchev–Trinajstić information content (AvgIpc) is 2.80. The van der Waals surface area contributed by atoms with Gasteiger partial charge in [-0.1, -0.05) is 0 Å². The monoisotopic (exact) mass is 227 g/mol. The van der Waals surface area contributed by atoms with E-state index in [9.17, 15) is 0 Å². The molecule has 1 aromatic heterocycles. The molecular formula is C11H19BN2O2. The van der Waals surface area contributed by atoms with Gasteiger partial charge in [-0.05, 0) is 34.5 Å². The van der Waals surface area contributed by atoms with Gasteiger partial charge >= 0.3 is 7.12 Å². The van der Waals surface area contributed by atoms with Crippen LogP contribution in [-0.2, 0) is 15.8 Å². The Morgan fingerprint density at radius 3 is 2.62 bits per heavy atom. The summed E-state index contributed by atoms with van der Waals surface area (Å²) in [6.07, 6.45) is 2.51. The Morgan fingerprint density at radius 1 is 1.44 bits per heavy atom. The van der Waals surface area contributed by atoms with E-state index in [1.165, 1.54) is 6.20 Å². The Bertz CT molecular complexity index is 525. The van der Waals surface area contributed by atoms with Crippen molar-refractivity contribution in [3.05, 3.63) is 12.5 Å². The Hall–Kier alpha value is -0.805. The topological polar surface area (TPSA) is 36.3 Å². The maximum absolute atomic E-state index is 7.85. The van der Waals surface area contributed by atoms with Crippen molar-refractivity contribution in [1.82, 2.24) is 9.55 Å². The fourth-order valence-corrected chi connectivity index (χ4v) is 1.54. The third-order valence-electron chi connectivity index (χ3n) is 3.28. The van der Waals surface area contributed by atoms with Gasteiger partial charge in [-0.2, -0.15) is 0 Å². The molecule has 0 atom stereocenters. The number of aromatic nitrogens is 2. The molecule has 0 N–H and O–H groups in total. The molecule has 1 fully saturated rings. The maximum atomic E-state index is 7.85. The summed E-state index contributed by atoms with van der Waals surface area (Å²) in [5.41, 5.74) is -0.950. The summed E-state index contributed by atoms with van der Waals surface area (Å²) in [5, 5.41) is 0. The fraction of sp³-hybridized carbons (Fsp3) is 0.727. The van der Waals surface area contributed by atoms with Crippen molar-refractivity contribution < 1.29 is 16.2 Å². The minimum absolute atomic E-state index is 0.245. The number of hydrogen-bond donors (Lipinski definition) is 0. The van der Waals surface area contributed by atoms with Gasteiger partial charge in [0, 0.05) is 19.5 Å². The van der Waals surface area contributed by atoms with Gasteiger partial charge in [0.2, 0.25) is 0 Å². The van der Waals surface area contributed by atoms with Crippen LogP contribution in [0.15, 0.2) is 12.5 Å². The number of imidazole rings is 1. The van der Waals surface area contributed by atoms with Gasteiger partial charge in [-0.25, -0.2) is 4.98 Å². The largest absolute Gasteiger partial charge is 0.514 e. The molecule has 1 aliphatic rings. The van der Waals surface area contributed by atoms with E-state index in [1.54, 1.807) is 0 Å². The summed E-state index contributed by atoms with van der Waals surface area (Å²) in [4.78, 5) is 3.85. The Kier molecular flexibility index (Phi) is 1.53. The van der Waals surface area contributed by atoms with E-state index in [-0.39, 0.29) is 5.59 Å². The van der Waals surface area contributed by atoms with Gasteiger partial charge < -0.3 is 13.9 Å². The Morgan fingerprint density at radius 2 is 2.06 bits per heavy atom. The lowest BCUT2D eigenvalue weighted by atomic mass is 9.85. The average molecular weight is 227 g/mol. The lowest BCUT2D eigenvalue weighted by molar-refractivity contribution is 0.00578. The smallest absolute Gasteiger partial charge is 0.398 e. The van der Waals surface area contributed by atoms with Crippen LogP contribution in [0.5, 0.6) is 0 Å². The summed E-state index contributed by atoms with van der Waals surface area (Å²) < 4.78 is 50.4. The van der Waals surface area contributed by atoms with Crippen LogP contribution >= 0.6 is 0 Å². The molecule has 0 unspecified atom stereocenters. The van der Waals surface area contributed by atoms with Crippen LogP contribution in [0.25, 0.3) is 0 Å². The molecule has 1 aliphatic heterocycles. The molecule has 16 heavy (non-hydrogen) atoms. The van der Waals surface area contributed by atoms with Crippen LogP contribution in [-0.4, -0.2) is 27.9 Å². The van der Waals surface area contributed by atoms with Gasteiger partial charge in [-0.3, -0.25) is 0 Å². The number of rotatable bonds is 2. The fourth-order valence-electron chi connectivity index (χ4n) is 1.54. The highest BCUT2D eigenvalue weighted by Crippen LogP contribution is 2.36. The minimum Gasteiger partial charge on any atom is -0.398 e. The van der Waals surface area contributed by atoms with Crippen LogP contribution in [0.4, 0.5) is 0 Å². The second kappa shape index (κ2) is 3.60. The highest BCUT2D eigenvalue weighted by Gasteiger charge is 2.52. The van der Waals surface area contributed by atoms with E-state index in [4.69, 9.17) is 16.2 Å². The normalized spacial score (nSPS) is 29.0. The zero-order valence-corrected chi connectivity index (χ0v) is 9.94. The second-order valence-corrected chi connectivity index (χ2v) is 4.89. The molecule has 0 spiro atoms. The molecule has 2 heterocycles. The maximum Gasteiger partial charge on any atom is 0.514 e. The molecule has 0 amide bonds. The first-order valence-electron chi connectivity index (χ1n) is 7.68. The van der Waals surface area contributed by atoms with Crippen LogP contribution in [0.1, 0.15) is 41.4 Å². The molecule has 88 valence electrons. The molecule has 0 radical (unpaired) electrons. The van der Waals surface area contributed by atoms with Crippen molar-refractivity contribution in [3.8, 4) is 0 Å². The first kappa shape index (κ1) is 6.82. The van der Waals surface area contributed by atoms with Crippen LogP contribution in [0.2, 0.25) is 0 Å². The third-order valence-corrected chi connectivity index (χ3v) is 3.28. The van der Waals surface area contributed by atoms with Crippen molar-refractivity contribution in [2.75, 3.05) is 0 Å². The molecular weight excluding hydrogens is 203 g/mol. The second-order valence-electron chi connectivity index (χ2n) is 4.89. The van der Waals surface area contributed by atoms with Crippen LogP contribution in [0.3, 0.4) is 0 Å². The number of aryl methyl sites for hydroxylation is 1. The van der Waals surface area contributed by atoms with Crippen molar-refractivity contribution in [1.29, 1.82) is 0 Å². The van der Waals surface area contributed by atoms with E-state index in [0.29, 0.717) is 0 Å². The Balaban J connectivity index is 2.40.